The highest BCUT2D eigenvalue weighted by Crippen LogP contribution is 2.11. The number of imidazole rings is 1. The third kappa shape index (κ3) is 2.67. The van der Waals surface area contributed by atoms with E-state index in [2.05, 4.69) is 19.9 Å². The maximum absolute atomic E-state index is 12.3. The number of nitrogens with two attached hydrogens (primary N) is 1. The molecule has 0 saturated heterocycles. The molecule has 0 amide bonds. The molecule has 0 spiro atoms. The topological polar surface area (TPSA) is 85.8 Å². The molecule has 2 rings (SSSR count). The molecule has 18 heavy (non-hydrogen) atoms. The van der Waals surface area contributed by atoms with Crippen molar-refractivity contribution < 1.29 is 8.78 Å². The van der Waals surface area contributed by atoms with Crippen LogP contribution in [0.4, 0.5) is 20.7 Å². The summed E-state index contributed by atoms with van der Waals surface area (Å²) in [5.41, 5.74) is 5.52. The first-order valence-electron chi connectivity index (χ1n) is 5.05. The number of hydrogen-bond acceptors (Lipinski definition) is 6. The molecule has 0 fully saturated rings. The van der Waals surface area contributed by atoms with Crippen LogP contribution in [0.15, 0.2) is 18.7 Å². The molecule has 0 aliphatic rings. The molecule has 0 radical (unpaired) electrons. The van der Waals surface area contributed by atoms with Crippen LogP contribution in [-0.2, 0) is 0 Å². The maximum atomic E-state index is 12.3. The second kappa shape index (κ2) is 4.90. The highest BCUT2D eigenvalue weighted by atomic mass is 19.3. The molecule has 0 bridgehead atoms. The van der Waals surface area contributed by atoms with E-state index < -0.39 is 13.0 Å². The number of nitrogen functional groups attached to an aromatic ring is 1. The number of hydrogen-bond donors (Lipinski definition) is 1. The Kier molecular flexibility index (Phi) is 3.31. The van der Waals surface area contributed by atoms with Gasteiger partial charge in [0, 0.05) is 19.4 Å². The minimum absolute atomic E-state index is 0.0372. The van der Waals surface area contributed by atoms with Crippen LogP contribution in [-0.4, -0.2) is 44.5 Å². The Morgan fingerprint density at radius 2 is 2.17 bits per heavy atom. The lowest BCUT2D eigenvalue weighted by Crippen LogP contribution is -2.27. The van der Waals surface area contributed by atoms with Gasteiger partial charge in [-0.3, -0.25) is 4.57 Å². The van der Waals surface area contributed by atoms with Crippen LogP contribution >= 0.6 is 0 Å². The van der Waals surface area contributed by atoms with Crippen LogP contribution in [0, 0.1) is 0 Å². The number of nitrogens with zero attached hydrogens (tertiary/aromatic N) is 6. The van der Waals surface area contributed by atoms with Gasteiger partial charge in [0.15, 0.2) is 0 Å². The summed E-state index contributed by atoms with van der Waals surface area (Å²) in [7, 11) is 1.46. The lowest BCUT2D eigenvalue weighted by atomic mass is 10.6. The van der Waals surface area contributed by atoms with Crippen LogP contribution in [0.3, 0.4) is 0 Å². The quantitative estimate of drug-likeness (QED) is 0.847. The van der Waals surface area contributed by atoms with Crippen molar-refractivity contribution in [1.29, 1.82) is 0 Å². The fourth-order valence-corrected chi connectivity index (χ4v) is 1.32. The molecule has 0 aliphatic carbocycles. The summed E-state index contributed by atoms with van der Waals surface area (Å²) in [5.74, 6) is 0.285. The Hall–Kier alpha value is -2.32. The molecule has 2 heterocycles. The first-order valence-corrected chi connectivity index (χ1v) is 5.05. The molecule has 2 aromatic rings. The van der Waals surface area contributed by atoms with Crippen molar-refractivity contribution in [1.82, 2.24) is 24.5 Å². The normalized spacial score (nSPS) is 10.9. The van der Waals surface area contributed by atoms with E-state index in [0.29, 0.717) is 0 Å². The van der Waals surface area contributed by atoms with E-state index in [1.54, 1.807) is 12.4 Å². The van der Waals surface area contributed by atoms with E-state index in [9.17, 15) is 8.78 Å². The van der Waals surface area contributed by atoms with Gasteiger partial charge in [0.1, 0.15) is 6.33 Å². The molecule has 0 saturated carbocycles. The molecule has 0 aliphatic heterocycles. The van der Waals surface area contributed by atoms with Crippen molar-refractivity contribution in [3.63, 3.8) is 0 Å². The second-order valence-electron chi connectivity index (χ2n) is 3.54. The predicted molar refractivity (Wildman–Crippen MR) is 60.6 cm³/mol. The third-order valence-electron chi connectivity index (χ3n) is 2.12. The molecule has 9 heteroatoms. The van der Waals surface area contributed by atoms with Crippen LogP contribution in [0.1, 0.15) is 0 Å². The van der Waals surface area contributed by atoms with E-state index in [1.807, 2.05) is 0 Å². The molecule has 2 aromatic heterocycles. The molecular weight excluding hydrogens is 244 g/mol. The van der Waals surface area contributed by atoms with Gasteiger partial charge in [-0.2, -0.15) is 15.0 Å². The summed E-state index contributed by atoms with van der Waals surface area (Å²) in [6.07, 6.45) is 2.16. The van der Waals surface area contributed by atoms with Crippen LogP contribution in [0.2, 0.25) is 0 Å². The molecular formula is C9H11F2N7. The average molecular weight is 255 g/mol. The zero-order valence-corrected chi connectivity index (χ0v) is 9.53. The van der Waals surface area contributed by atoms with Crippen molar-refractivity contribution in [2.45, 2.75) is 6.43 Å². The molecule has 7 nitrogen and oxygen atoms in total. The van der Waals surface area contributed by atoms with Crippen molar-refractivity contribution in [3.05, 3.63) is 18.7 Å². The lowest BCUT2D eigenvalue weighted by molar-refractivity contribution is 0.156. The van der Waals surface area contributed by atoms with Crippen LogP contribution in [0.25, 0.3) is 5.95 Å². The minimum atomic E-state index is -2.48. The molecule has 0 atom stereocenters. The van der Waals surface area contributed by atoms with Crippen molar-refractivity contribution in [2.75, 3.05) is 24.2 Å². The zero-order valence-electron chi connectivity index (χ0n) is 9.53. The van der Waals surface area contributed by atoms with Crippen molar-refractivity contribution in [3.8, 4) is 5.95 Å². The van der Waals surface area contributed by atoms with Gasteiger partial charge in [0.05, 0.1) is 6.54 Å². The summed E-state index contributed by atoms with van der Waals surface area (Å²) >= 11 is 0. The van der Waals surface area contributed by atoms with Gasteiger partial charge >= 0.3 is 0 Å². The standard InChI is InChI=1S/C9H11F2N7/c1-17(4-6(10)11)8-14-7(12)15-9(16-8)18-3-2-13-5-18/h2-3,5-6H,4H2,1H3,(H2,12,14,15,16). The van der Waals surface area contributed by atoms with Crippen molar-refractivity contribution >= 4 is 11.9 Å². The van der Waals surface area contributed by atoms with Crippen molar-refractivity contribution in [2.24, 2.45) is 0 Å². The van der Waals surface area contributed by atoms with Crippen LogP contribution < -0.4 is 10.6 Å². The molecule has 2 N–H and O–H groups in total. The van der Waals surface area contributed by atoms with Gasteiger partial charge in [0.2, 0.25) is 17.8 Å². The van der Waals surface area contributed by atoms with E-state index in [4.69, 9.17) is 5.73 Å². The zero-order chi connectivity index (χ0) is 13.1. The fraction of sp³-hybridized carbons (Fsp3) is 0.333. The maximum Gasteiger partial charge on any atom is 0.255 e. The Balaban J connectivity index is 2.32. The van der Waals surface area contributed by atoms with Gasteiger partial charge in [-0.15, -0.1) is 0 Å². The number of aromatic nitrogens is 5. The van der Waals surface area contributed by atoms with Gasteiger partial charge < -0.3 is 10.6 Å². The monoisotopic (exact) mass is 255 g/mol. The first kappa shape index (κ1) is 12.1. The number of anilines is 2. The number of halogens is 2. The lowest BCUT2D eigenvalue weighted by Gasteiger charge is -2.16. The second-order valence-corrected chi connectivity index (χ2v) is 3.54. The van der Waals surface area contributed by atoms with E-state index in [-0.39, 0.29) is 17.8 Å². The summed E-state index contributed by atoms with van der Waals surface area (Å²) in [4.78, 5) is 16.8. The summed E-state index contributed by atoms with van der Waals surface area (Å²) in [6.45, 7) is -0.479. The smallest absolute Gasteiger partial charge is 0.255 e. The number of alkyl halides is 2. The van der Waals surface area contributed by atoms with E-state index >= 15 is 0 Å². The van der Waals surface area contributed by atoms with Gasteiger partial charge in [0.25, 0.3) is 6.43 Å². The average Bonchev–Trinajstić information content (AvgIpc) is 2.80. The van der Waals surface area contributed by atoms with Crippen LogP contribution in [0.5, 0.6) is 0 Å². The molecule has 0 unspecified atom stereocenters. The van der Waals surface area contributed by atoms with Gasteiger partial charge in [-0.1, -0.05) is 0 Å². The molecule has 0 aromatic carbocycles. The summed E-state index contributed by atoms with van der Waals surface area (Å²) in [6, 6.07) is 0. The highest BCUT2D eigenvalue weighted by molar-refractivity contribution is 5.37. The Labute approximate surface area is 101 Å². The Morgan fingerprint density at radius 1 is 1.39 bits per heavy atom. The summed E-state index contributed by atoms with van der Waals surface area (Å²) < 4.78 is 26.1. The van der Waals surface area contributed by atoms with E-state index in [0.717, 1.165) is 0 Å². The predicted octanol–water partition coefficient (Wildman–Crippen LogP) is 0.341. The Morgan fingerprint density at radius 3 is 2.78 bits per heavy atom. The van der Waals surface area contributed by atoms with Gasteiger partial charge in [-0.05, 0) is 0 Å². The first-order chi connectivity index (χ1) is 8.56. The highest BCUT2D eigenvalue weighted by Gasteiger charge is 2.13. The van der Waals surface area contributed by atoms with Gasteiger partial charge in [-0.25, -0.2) is 13.8 Å². The third-order valence-corrected chi connectivity index (χ3v) is 2.12. The fourth-order valence-electron chi connectivity index (χ4n) is 1.32. The minimum Gasteiger partial charge on any atom is -0.368 e. The molecule has 96 valence electrons. The SMILES string of the molecule is CN(CC(F)F)c1nc(N)nc(-n2ccnc2)n1. The number of rotatable bonds is 4. The summed E-state index contributed by atoms with van der Waals surface area (Å²) in [5, 5.41) is 0. The Bertz CT molecular complexity index is 514. The van der Waals surface area contributed by atoms with E-state index in [1.165, 1.54) is 22.8 Å². The largest absolute Gasteiger partial charge is 0.368 e.